The second-order valence-corrected chi connectivity index (χ2v) is 6.79. The molecule has 3 rings (SSSR count). The van der Waals surface area contributed by atoms with E-state index in [1.807, 2.05) is 42.2 Å². The van der Waals surface area contributed by atoms with Crippen LogP contribution in [-0.2, 0) is 0 Å². The Kier molecular flexibility index (Phi) is 5.66. The first-order valence-corrected chi connectivity index (χ1v) is 9.23. The van der Waals surface area contributed by atoms with E-state index in [0.29, 0.717) is 23.9 Å². The fourth-order valence-corrected chi connectivity index (χ4v) is 3.40. The number of carbonyl (C=O) groups excluding carboxylic acids is 2. The highest BCUT2D eigenvalue weighted by atomic mass is 16.2. The predicted molar refractivity (Wildman–Crippen MR) is 102 cm³/mol. The van der Waals surface area contributed by atoms with Crippen LogP contribution >= 0.6 is 0 Å². The Bertz CT molecular complexity index is 776. The number of hydrogen-bond donors (Lipinski definition) is 0. The Morgan fingerprint density at radius 2 is 1.85 bits per heavy atom. The van der Waals surface area contributed by atoms with Crippen molar-refractivity contribution in [3.8, 4) is 0 Å². The Hall–Kier alpha value is -2.69. The molecule has 26 heavy (non-hydrogen) atoms. The molecule has 0 N–H and O–H groups in total. The van der Waals surface area contributed by atoms with Crippen LogP contribution in [0.5, 0.6) is 0 Å². The molecular formula is C21H25N3O2. The van der Waals surface area contributed by atoms with E-state index in [9.17, 15) is 9.59 Å². The van der Waals surface area contributed by atoms with E-state index < -0.39 is 0 Å². The molecule has 2 amide bonds. The number of carbonyl (C=O) groups is 2. The maximum absolute atomic E-state index is 12.9. The summed E-state index contributed by atoms with van der Waals surface area (Å²) in [6, 6.07) is 14.6. The van der Waals surface area contributed by atoms with Crippen LogP contribution in [0.25, 0.3) is 0 Å². The fourth-order valence-electron chi connectivity index (χ4n) is 3.40. The molecule has 5 nitrogen and oxygen atoms in total. The van der Waals surface area contributed by atoms with Crippen molar-refractivity contribution in [3.05, 3.63) is 59.9 Å². The number of rotatable bonds is 4. The molecular weight excluding hydrogens is 326 g/mol. The van der Waals surface area contributed by atoms with Crippen molar-refractivity contribution in [1.29, 1.82) is 0 Å². The van der Waals surface area contributed by atoms with Crippen LogP contribution < -0.4 is 4.90 Å². The van der Waals surface area contributed by atoms with Crippen molar-refractivity contribution in [2.24, 2.45) is 5.92 Å². The van der Waals surface area contributed by atoms with Crippen LogP contribution in [0.1, 0.15) is 47.7 Å². The third kappa shape index (κ3) is 3.93. The molecule has 0 saturated carbocycles. The van der Waals surface area contributed by atoms with E-state index in [-0.39, 0.29) is 11.8 Å². The topological polar surface area (TPSA) is 53.5 Å². The lowest BCUT2D eigenvalue weighted by Gasteiger charge is -2.30. The molecule has 2 aromatic rings. The van der Waals surface area contributed by atoms with Gasteiger partial charge in [0.25, 0.3) is 11.8 Å². The maximum Gasteiger partial charge on any atom is 0.276 e. The number of amides is 2. The van der Waals surface area contributed by atoms with Crippen molar-refractivity contribution in [3.63, 3.8) is 0 Å². The molecule has 1 aromatic heterocycles. The molecule has 1 atom stereocenters. The van der Waals surface area contributed by atoms with Crippen molar-refractivity contribution in [1.82, 2.24) is 9.88 Å². The van der Waals surface area contributed by atoms with Gasteiger partial charge in [-0.15, -0.1) is 0 Å². The zero-order valence-corrected chi connectivity index (χ0v) is 15.4. The molecule has 1 fully saturated rings. The minimum atomic E-state index is -0.194. The van der Waals surface area contributed by atoms with Crippen molar-refractivity contribution in [2.75, 3.05) is 24.5 Å². The van der Waals surface area contributed by atoms with E-state index in [1.54, 1.807) is 23.1 Å². The molecule has 1 aliphatic heterocycles. The molecule has 1 saturated heterocycles. The number of pyridine rings is 1. The Morgan fingerprint density at radius 1 is 1.12 bits per heavy atom. The van der Waals surface area contributed by atoms with E-state index in [1.165, 1.54) is 0 Å². The summed E-state index contributed by atoms with van der Waals surface area (Å²) in [5.41, 5.74) is 1.46. The van der Waals surface area contributed by atoms with Gasteiger partial charge in [0.15, 0.2) is 0 Å². The number of piperidine rings is 1. The molecule has 1 aliphatic rings. The highest BCUT2D eigenvalue weighted by molar-refractivity contribution is 6.05. The van der Waals surface area contributed by atoms with Gasteiger partial charge in [0.05, 0.1) is 0 Å². The molecule has 0 spiro atoms. The number of benzene rings is 1. The third-order valence-corrected chi connectivity index (χ3v) is 4.76. The summed E-state index contributed by atoms with van der Waals surface area (Å²) in [4.78, 5) is 33.6. The summed E-state index contributed by atoms with van der Waals surface area (Å²) in [6.45, 7) is 6.13. The largest absolute Gasteiger partial charge is 0.337 e. The number of para-hydroxylation sites is 1. The molecule has 5 heteroatoms. The Morgan fingerprint density at radius 3 is 2.54 bits per heavy atom. The van der Waals surface area contributed by atoms with Gasteiger partial charge >= 0.3 is 0 Å². The second-order valence-electron chi connectivity index (χ2n) is 6.79. The van der Waals surface area contributed by atoms with Crippen LogP contribution in [0.4, 0.5) is 5.69 Å². The van der Waals surface area contributed by atoms with Gasteiger partial charge < -0.3 is 9.80 Å². The Labute approximate surface area is 154 Å². The van der Waals surface area contributed by atoms with Gasteiger partial charge in [-0.2, -0.15) is 0 Å². The maximum atomic E-state index is 12.9. The van der Waals surface area contributed by atoms with Crippen LogP contribution in [0.2, 0.25) is 0 Å². The Balaban J connectivity index is 1.82. The van der Waals surface area contributed by atoms with E-state index in [0.717, 1.165) is 31.6 Å². The quantitative estimate of drug-likeness (QED) is 0.845. The smallest absolute Gasteiger partial charge is 0.276 e. The standard InChI is InChI=1S/C21H25N3O2/c1-3-24(17-10-5-4-6-11-17)21(26)19-13-7-12-18(22-19)20(25)23-14-8-9-16(2)15-23/h4-7,10-13,16H,3,8-9,14-15H2,1-2H3. The first-order valence-electron chi connectivity index (χ1n) is 9.23. The minimum Gasteiger partial charge on any atom is -0.337 e. The van der Waals surface area contributed by atoms with Gasteiger partial charge in [0.1, 0.15) is 11.4 Å². The summed E-state index contributed by atoms with van der Waals surface area (Å²) in [7, 11) is 0. The van der Waals surface area contributed by atoms with Gasteiger partial charge in [-0.3, -0.25) is 9.59 Å². The van der Waals surface area contributed by atoms with Crippen LogP contribution in [-0.4, -0.2) is 41.3 Å². The number of aromatic nitrogens is 1. The molecule has 1 aromatic carbocycles. The molecule has 1 unspecified atom stereocenters. The van der Waals surface area contributed by atoms with Gasteiger partial charge in [-0.1, -0.05) is 31.2 Å². The highest BCUT2D eigenvalue weighted by Gasteiger charge is 2.24. The second kappa shape index (κ2) is 8.13. The lowest BCUT2D eigenvalue weighted by molar-refractivity contribution is 0.0677. The van der Waals surface area contributed by atoms with Crippen molar-refractivity contribution < 1.29 is 9.59 Å². The lowest BCUT2D eigenvalue weighted by Crippen LogP contribution is -2.39. The van der Waals surface area contributed by atoms with E-state index in [2.05, 4.69) is 11.9 Å². The minimum absolute atomic E-state index is 0.0889. The summed E-state index contributed by atoms with van der Waals surface area (Å²) in [6.07, 6.45) is 2.17. The third-order valence-electron chi connectivity index (χ3n) is 4.76. The molecule has 136 valence electrons. The normalized spacial score (nSPS) is 17.0. The number of likely N-dealkylation sites (tertiary alicyclic amines) is 1. The van der Waals surface area contributed by atoms with Crippen LogP contribution in [0.15, 0.2) is 48.5 Å². The zero-order chi connectivity index (χ0) is 18.5. The average Bonchev–Trinajstić information content (AvgIpc) is 2.69. The molecule has 2 heterocycles. The SMILES string of the molecule is CCN(C(=O)c1cccc(C(=O)N2CCCC(C)C2)n1)c1ccccc1. The summed E-state index contributed by atoms with van der Waals surface area (Å²) >= 11 is 0. The molecule has 0 bridgehead atoms. The van der Waals surface area contributed by atoms with Crippen LogP contribution in [0, 0.1) is 5.92 Å². The summed E-state index contributed by atoms with van der Waals surface area (Å²) in [5, 5.41) is 0. The van der Waals surface area contributed by atoms with Gasteiger partial charge in [-0.05, 0) is 49.9 Å². The number of nitrogens with zero attached hydrogens (tertiary/aromatic N) is 3. The number of hydrogen-bond acceptors (Lipinski definition) is 3. The van der Waals surface area contributed by atoms with E-state index >= 15 is 0 Å². The van der Waals surface area contributed by atoms with Gasteiger partial charge in [0.2, 0.25) is 0 Å². The lowest BCUT2D eigenvalue weighted by atomic mass is 10.00. The van der Waals surface area contributed by atoms with Crippen molar-refractivity contribution in [2.45, 2.75) is 26.7 Å². The summed E-state index contributed by atoms with van der Waals surface area (Å²) in [5.74, 6) is 0.223. The van der Waals surface area contributed by atoms with Crippen LogP contribution in [0.3, 0.4) is 0 Å². The first-order chi connectivity index (χ1) is 12.6. The first kappa shape index (κ1) is 18.1. The van der Waals surface area contributed by atoms with Gasteiger partial charge in [-0.25, -0.2) is 4.98 Å². The van der Waals surface area contributed by atoms with Gasteiger partial charge in [0, 0.05) is 25.3 Å². The van der Waals surface area contributed by atoms with E-state index in [4.69, 9.17) is 0 Å². The number of anilines is 1. The zero-order valence-electron chi connectivity index (χ0n) is 15.4. The predicted octanol–water partition coefficient (Wildman–Crippen LogP) is 3.62. The molecule has 0 aliphatic carbocycles. The monoisotopic (exact) mass is 351 g/mol. The van der Waals surface area contributed by atoms with Crippen molar-refractivity contribution >= 4 is 17.5 Å². The highest BCUT2D eigenvalue weighted by Crippen LogP contribution is 2.19. The summed E-state index contributed by atoms with van der Waals surface area (Å²) < 4.78 is 0. The average molecular weight is 351 g/mol. The fraction of sp³-hybridized carbons (Fsp3) is 0.381. The molecule has 0 radical (unpaired) electrons.